The maximum atomic E-state index is 13.9. The number of carbonyl (C=O) groups is 4. The van der Waals surface area contributed by atoms with Gasteiger partial charge in [0.2, 0.25) is 0 Å². The molecule has 2 aromatic rings. The van der Waals surface area contributed by atoms with Crippen LogP contribution in [0, 0.1) is 0 Å². The number of nitrogens with zero attached hydrogens (tertiary/aromatic N) is 4. The topological polar surface area (TPSA) is 177 Å². The van der Waals surface area contributed by atoms with E-state index in [2.05, 4.69) is 13.2 Å². The van der Waals surface area contributed by atoms with Gasteiger partial charge >= 0.3 is 12.2 Å². The number of fused-ring (bicyclic) bond motifs is 4. The Morgan fingerprint density at radius 3 is 1.44 bits per heavy atom. The van der Waals surface area contributed by atoms with Gasteiger partial charge in [-0.15, -0.1) is 0 Å². The molecular formula is C43H52N4O12. The number of carbonyl (C=O) groups excluding carboxylic acids is 4. The molecule has 0 spiro atoms. The predicted octanol–water partition coefficient (Wildman–Crippen LogP) is 5.58. The fourth-order valence-electron chi connectivity index (χ4n) is 7.83. The maximum Gasteiger partial charge on any atom is 0.416 e. The Hall–Kier alpha value is -6.00. The molecule has 316 valence electrons. The fraction of sp³-hybridized carbons (Fsp3) is 0.442. The third-order valence-electron chi connectivity index (χ3n) is 10.9. The van der Waals surface area contributed by atoms with Gasteiger partial charge in [0.15, 0.2) is 35.5 Å². The van der Waals surface area contributed by atoms with Crippen LogP contribution in [0.25, 0.3) is 0 Å². The zero-order valence-electron chi connectivity index (χ0n) is 33.9. The van der Waals surface area contributed by atoms with Gasteiger partial charge in [0.25, 0.3) is 11.8 Å². The Bertz CT molecular complexity index is 1890. The number of anilines is 2. The number of amides is 4. The van der Waals surface area contributed by atoms with Gasteiger partial charge < -0.3 is 48.4 Å². The van der Waals surface area contributed by atoms with Crippen molar-refractivity contribution < 1.29 is 57.8 Å². The summed E-state index contributed by atoms with van der Waals surface area (Å²) in [4.78, 5) is 59.8. The Kier molecular flexibility index (Phi) is 13.5. The fourth-order valence-corrected chi connectivity index (χ4v) is 7.83. The minimum Gasteiger partial charge on any atom is -0.493 e. The summed E-state index contributed by atoms with van der Waals surface area (Å²) in [6, 6.07) is 4.69. The lowest BCUT2D eigenvalue weighted by Gasteiger charge is -2.31. The van der Waals surface area contributed by atoms with Crippen molar-refractivity contribution in [1.82, 2.24) is 9.80 Å². The molecule has 2 N–H and O–H groups in total. The second-order valence-corrected chi connectivity index (χ2v) is 14.4. The van der Waals surface area contributed by atoms with Crippen LogP contribution in [0.1, 0.15) is 66.7 Å². The van der Waals surface area contributed by atoms with Crippen LogP contribution in [-0.2, 0) is 9.47 Å². The number of hydrogen-bond acceptors (Lipinski definition) is 12. The molecule has 59 heavy (non-hydrogen) atoms. The molecule has 4 amide bonds. The molecule has 0 aromatic heterocycles. The lowest BCUT2D eigenvalue weighted by molar-refractivity contribution is 0.0495. The van der Waals surface area contributed by atoms with Gasteiger partial charge in [-0.25, -0.2) is 19.4 Å². The molecule has 2 saturated heterocycles. The molecule has 6 rings (SSSR count). The number of benzene rings is 2. The van der Waals surface area contributed by atoms with E-state index < -0.39 is 36.7 Å². The Labute approximate surface area is 343 Å². The largest absolute Gasteiger partial charge is 0.493 e. The van der Waals surface area contributed by atoms with Gasteiger partial charge in [-0.2, -0.15) is 0 Å². The van der Waals surface area contributed by atoms with Crippen LogP contribution >= 0.6 is 0 Å². The molecular weight excluding hydrogens is 764 g/mol. The predicted molar refractivity (Wildman–Crippen MR) is 217 cm³/mol. The molecule has 0 radical (unpaired) electrons. The summed E-state index contributed by atoms with van der Waals surface area (Å²) in [5.74, 6) is 0.379. The van der Waals surface area contributed by atoms with E-state index in [-0.39, 0.29) is 83.7 Å². The number of hydrogen-bond donors (Lipinski definition) is 2. The Balaban J connectivity index is 1.14. The highest BCUT2D eigenvalue weighted by Crippen LogP contribution is 2.44. The SMILES string of the molecule is C=CCOC(=O)N1c2cc(OCCCCCOc3cc4c(cc3OC)C(=O)N3C/C(=C\C)C[C@H]3[C@H](O)N4C(=O)OCC=C)c(OC)cc2C(=O)N2C/C(=C\C)C[C@H]2[C@@H]1O. The average Bonchev–Trinajstić information content (AvgIpc) is 3.86. The summed E-state index contributed by atoms with van der Waals surface area (Å²) in [5, 5.41) is 23.1. The average molecular weight is 817 g/mol. The van der Waals surface area contributed by atoms with Crippen molar-refractivity contribution in [2.24, 2.45) is 0 Å². The van der Waals surface area contributed by atoms with Gasteiger partial charge in [-0.05, 0) is 58.1 Å². The standard InChI is InChI=1S/C43H52N4O12/c1-7-14-58-42(52)46-30-22-36(34(54-5)20-28(30)38(48)44-24-26(9-3)18-32(44)40(46)50)56-16-12-11-13-17-57-37-23-31-29(21-35(37)55-6)39(49)45-25-27(10-4)19-33(45)41(51)47(31)43(53)59-15-8-2/h7-10,20-23,32-33,40-41,50-51H,1-2,11-19,24-25H2,3-6H3/b26-9-,27-10-/t32-,33-,40-,41-/m0/s1. The molecule has 2 fully saturated rings. The number of aliphatic hydroxyl groups excluding tert-OH is 2. The maximum absolute atomic E-state index is 13.9. The van der Waals surface area contributed by atoms with E-state index in [0.717, 1.165) is 20.9 Å². The molecule has 4 heterocycles. The van der Waals surface area contributed by atoms with Crippen molar-refractivity contribution in [3.8, 4) is 23.0 Å². The van der Waals surface area contributed by atoms with E-state index >= 15 is 0 Å². The molecule has 0 bridgehead atoms. The number of methoxy groups -OCH3 is 2. The summed E-state index contributed by atoms with van der Waals surface area (Å²) < 4.78 is 34.2. The van der Waals surface area contributed by atoms with Crippen LogP contribution in [0.3, 0.4) is 0 Å². The highest BCUT2D eigenvalue weighted by molar-refractivity contribution is 6.07. The summed E-state index contributed by atoms with van der Waals surface area (Å²) in [6.07, 6.45) is 4.79. The van der Waals surface area contributed by atoms with Crippen molar-refractivity contribution >= 4 is 35.4 Å². The Morgan fingerprint density at radius 2 is 1.08 bits per heavy atom. The van der Waals surface area contributed by atoms with Gasteiger partial charge in [-0.3, -0.25) is 9.59 Å². The normalized spacial score (nSPS) is 22.2. The van der Waals surface area contributed by atoms with Crippen molar-refractivity contribution in [3.63, 3.8) is 0 Å². The minimum atomic E-state index is -1.39. The molecule has 16 nitrogen and oxygen atoms in total. The van der Waals surface area contributed by atoms with Crippen LogP contribution in [-0.4, -0.2) is 122 Å². The van der Waals surface area contributed by atoms with Gasteiger partial charge in [0.1, 0.15) is 13.2 Å². The van der Waals surface area contributed by atoms with Gasteiger partial charge in [-0.1, -0.05) is 48.6 Å². The zero-order chi connectivity index (χ0) is 42.4. The van der Waals surface area contributed by atoms with Gasteiger partial charge in [0, 0.05) is 25.2 Å². The van der Waals surface area contributed by atoms with Gasteiger partial charge in [0.05, 0.1) is 62.0 Å². The Morgan fingerprint density at radius 1 is 0.678 bits per heavy atom. The van der Waals surface area contributed by atoms with Crippen molar-refractivity contribution in [2.75, 3.05) is 63.5 Å². The van der Waals surface area contributed by atoms with E-state index in [4.69, 9.17) is 28.4 Å². The van der Waals surface area contributed by atoms with Crippen LogP contribution in [0.15, 0.2) is 72.9 Å². The number of unbranched alkanes of at least 4 members (excludes halogenated alkanes) is 2. The number of rotatable bonds is 14. The lowest BCUT2D eigenvalue weighted by Crippen LogP contribution is -2.50. The van der Waals surface area contributed by atoms with Crippen molar-refractivity contribution in [3.05, 3.63) is 84.0 Å². The second kappa shape index (κ2) is 18.7. The molecule has 2 aromatic carbocycles. The molecule has 0 aliphatic carbocycles. The van der Waals surface area contributed by atoms with Crippen LogP contribution in [0.4, 0.5) is 21.0 Å². The number of ether oxygens (including phenoxy) is 6. The molecule has 4 atom stereocenters. The van der Waals surface area contributed by atoms with E-state index in [1.54, 1.807) is 9.80 Å². The van der Waals surface area contributed by atoms with E-state index in [1.165, 1.54) is 50.6 Å². The molecule has 0 unspecified atom stereocenters. The van der Waals surface area contributed by atoms with Crippen LogP contribution < -0.4 is 28.7 Å². The zero-order valence-corrected chi connectivity index (χ0v) is 33.9. The van der Waals surface area contributed by atoms with E-state index in [9.17, 15) is 29.4 Å². The quantitative estimate of drug-likeness (QED) is 0.179. The van der Waals surface area contributed by atoms with Crippen molar-refractivity contribution in [2.45, 2.75) is 70.5 Å². The summed E-state index contributed by atoms with van der Waals surface area (Å²) in [7, 11) is 2.91. The first-order valence-corrected chi connectivity index (χ1v) is 19.6. The number of aliphatic hydroxyl groups is 2. The highest BCUT2D eigenvalue weighted by atomic mass is 16.6. The molecule has 4 aliphatic heterocycles. The van der Waals surface area contributed by atoms with E-state index in [1.807, 2.05) is 26.0 Å². The molecule has 4 aliphatic rings. The number of allylic oxidation sites excluding steroid dienone is 2. The summed E-state index contributed by atoms with van der Waals surface area (Å²) >= 11 is 0. The summed E-state index contributed by atoms with van der Waals surface area (Å²) in [6.45, 7) is 11.9. The third kappa shape index (κ3) is 8.45. The first kappa shape index (κ1) is 42.6. The van der Waals surface area contributed by atoms with Crippen molar-refractivity contribution in [1.29, 1.82) is 0 Å². The minimum absolute atomic E-state index is 0.0920. The smallest absolute Gasteiger partial charge is 0.416 e. The lowest BCUT2D eigenvalue weighted by atomic mass is 10.1. The second-order valence-electron chi connectivity index (χ2n) is 14.4. The monoisotopic (exact) mass is 816 g/mol. The first-order valence-electron chi connectivity index (χ1n) is 19.6. The highest BCUT2D eigenvalue weighted by Gasteiger charge is 2.48. The molecule has 16 heteroatoms. The van der Waals surface area contributed by atoms with E-state index in [0.29, 0.717) is 45.2 Å². The third-order valence-corrected chi connectivity index (χ3v) is 10.9. The van der Waals surface area contributed by atoms with Crippen LogP contribution in [0.2, 0.25) is 0 Å². The van der Waals surface area contributed by atoms with Crippen LogP contribution in [0.5, 0.6) is 23.0 Å². The summed E-state index contributed by atoms with van der Waals surface area (Å²) in [5.41, 5.74) is 2.52. The molecule has 0 saturated carbocycles. The first-order chi connectivity index (χ1) is 28.5.